The normalized spacial score (nSPS) is 22.5. The molecule has 0 radical (unpaired) electrons. The number of hydrogen-bond acceptors (Lipinski definition) is 14. The number of aliphatic hydroxyl groups is 3. The van der Waals surface area contributed by atoms with Crippen LogP contribution in [0.3, 0.4) is 0 Å². The van der Waals surface area contributed by atoms with Crippen molar-refractivity contribution >= 4 is 28.7 Å². The van der Waals surface area contributed by atoms with Crippen molar-refractivity contribution in [3.63, 3.8) is 0 Å². The zero-order valence-electron chi connectivity index (χ0n) is 37.2. The van der Waals surface area contributed by atoms with E-state index in [0.29, 0.717) is 45.3 Å². The maximum atomic E-state index is 12.1. The molecule has 19 nitrogen and oxygen atoms in total. The Morgan fingerprint density at radius 3 is 1.34 bits per heavy atom. The van der Waals surface area contributed by atoms with Crippen molar-refractivity contribution in [2.24, 2.45) is 0 Å². The van der Waals surface area contributed by atoms with Gasteiger partial charge in [-0.25, -0.2) is 14.4 Å². The van der Waals surface area contributed by atoms with Gasteiger partial charge in [-0.2, -0.15) is 8.42 Å². The van der Waals surface area contributed by atoms with Gasteiger partial charge in [0.2, 0.25) is 0 Å². The van der Waals surface area contributed by atoms with Crippen LogP contribution < -0.4 is 0 Å². The van der Waals surface area contributed by atoms with Crippen molar-refractivity contribution in [1.82, 2.24) is 14.7 Å². The highest BCUT2D eigenvalue weighted by molar-refractivity contribution is 7.79. The highest BCUT2D eigenvalue weighted by Crippen LogP contribution is 2.30. The summed E-state index contributed by atoms with van der Waals surface area (Å²) < 4.78 is 63.4. The van der Waals surface area contributed by atoms with E-state index in [1.807, 2.05) is 91.0 Å². The van der Waals surface area contributed by atoms with Crippen molar-refractivity contribution in [2.45, 2.75) is 95.0 Å². The largest absolute Gasteiger partial charge is 0.445 e. The van der Waals surface area contributed by atoms with Gasteiger partial charge in [0.25, 0.3) is 0 Å². The zero-order valence-corrected chi connectivity index (χ0v) is 38.0. The predicted molar refractivity (Wildman–Crippen MR) is 237 cm³/mol. The van der Waals surface area contributed by atoms with Crippen LogP contribution in [0.2, 0.25) is 0 Å². The predicted octanol–water partition coefficient (Wildman–Crippen LogP) is 4.73. The molecule has 0 saturated carbocycles. The zero-order chi connectivity index (χ0) is 47.6. The minimum atomic E-state index is -4.67. The summed E-state index contributed by atoms with van der Waals surface area (Å²) in [5.74, 6) is 0. The molecule has 6 unspecified atom stereocenters. The van der Waals surface area contributed by atoms with E-state index in [1.54, 1.807) is 28.9 Å². The first kappa shape index (κ1) is 54.4. The number of amides is 3. The lowest BCUT2D eigenvalue weighted by Gasteiger charge is -2.24. The average molecular weight is 936 g/mol. The first-order valence-corrected chi connectivity index (χ1v) is 22.7. The van der Waals surface area contributed by atoms with E-state index < -0.39 is 22.6 Å². The van der Waals surface area contributed by atoms with Crippen LogP contribution in [0.15, 0.2) is 91.0 Å². The minimum absolute atomic E-state index is 0.207. The summed E-state index contributed by atoms with van der Waals surface area (Å²) in [5.41, 5.74) is 2.92. The molecule has 0 bridgehead atoms. The fourth-order valence-electron chi connectivity index (χ4n) is 7.04. The molecule has 4 heterocycles. The smallest absolute Gasteiger partial charge is 0.410 e. The van der Waals surface area contributed by atoms with E-state index >= 15 is 0 Å². The Hall–Kier alpha value is -4.90. The number of aliphatic hydroxyl groups excluding tert-OH is 3. The van der Waals surface area contributed by atoms with Gasteiger partial charge in [0.05, 0.1) is 44.1 Å². The Morgan fingerprint density at radius 1 is 0.554 bits per heavy atom. The summed E-state index contributed by atoms with van der Waals surface area (Å²) in [6.45, 7) is 4.11. The number of carbonyl (C=O) groups excluding carboxylic acids is 3. The summed E-state index contributed by atoms with van der Waals surface area (Å²) in [6, 6.07) is 28.9. The SMILES string of the molecule is CO.COC1CCCN(C(=O)OCc2ccccc2)CC1O.COC1CN(C(=O)OCc2ccccc2)CCCC1O.O=C(OCc1ccccc1)N1CCCC2OC2C1.O=S(=O)(O)O. The topological polar surface area (TPSA) is 255 Å². The number of carbonyl (C=O) groups is 3. The Bertz CT molecular complexity index is 1890. The van der Waals surface area contributed by atoms with E-state index in [0.717, 1.165) is 62.4 Å². The van der Waals surface area contributed by atoms with Crippen LogP contribution in [0.1, 0.15) is 55.2 Å². The van der Waals surface area contributed by atoms with Crippen LogP contribution in [0.4, 0.5) is 14.4 Å². The third kappa shape index (κ3) is 21.8. The van der Waals surface area contributed by atoms with Crippen molar-refractivity contribution in [3.05, 3.63) is 108 Å². The minimum Gasteiger partial charge on any atom is -0.445 e. The molecule has 20 heteroatoms. The van der Waals surface area contributed by atoms with E-state index in [4.69, 9.17) is 51.1 Å². The molecule has 4 aliphatic rings. The standard InChI is InChI=1S/2C15H21NO4.C14H17NO3.CH4O.H2O4S/c1-19-14-8-5-9-16(10-13(14)17)15(18)20-11-12-6-3-2-4-7-12;1-19-14-10-16(9-5-8-13(14)17)15(18)20-11-12-6-3-2-4-7-12;16-14(17-10-11-5-2-1-3-6-11)15-8-4-7-12-13(9-15)18-12;1-2;1-5(2,3)4/h2*2-4,6-7,13-14,17H,5,8-11H2,1H3;1-3,5-6,12-13H,4,7-10H2;2H,1H3;(H2,1,2,3,4). The lowest BCUT2D eigenvalue weighted by atomic mass is 10.1. The van der Waals surface area contributed by atoms with Crippen LogP contribution in [0, 0.1) is 0 Å². The van der Waals surface area contributed by atoms with Gasteiger partial charge in [-0.1, -0.05) is 91.0 Å². The molecular formula is C45H65N3O16S. The highest BCUT2D eigenvalue weighted by Gasteiger charge is 2.42. The van der Waals surface area contributed by atoms with Gasteiger partial charge in [-0.15, -0.1) is 0 Å². The van der Waals surface area contributed by atoms with E-state index in [2.05, 4.69) is 0 Å². The fourth-order valence-corrected chi connectivity index (χ4v) is 7.04. The number of nitrogens with zero attached hydrogens (tertiary/aromatic N) is 3. The molecule has 0 spiro atoms. The van der Waals surface area contributed by atoms with Crippen molar-refractivity contribution in [1.29, 1.82) is 0 Å². The average Bonchev–Trinajstić information content (AvgIpc) is 4.14. The summed E-state index contributed by atoms with van der Waals surface area (Å²) in [4.78, 5) is 40.9. The molecule has 7 rings (SSSR count). The van der Waals surface area contributed by atoms with Crippen LogP contribution in [-0.4, -0.2) is 163 Å². The lowest BCUT2D eigenvalue weighted by Crippen LogP contribution is -2.40. The quantitative estimate of drug-likeness (QED) is 0.116. The van der Waals surface area contributed by atoms with E-state index in [9.17, 15) is 24.6 Å². The van der Waals surface area contributed by atoms with Crippen molar-refractivity contribution in [2.75, 3.05) is 60.6 Å². The second-order valence-electron chi connectivity index (χ2n) is 15.2. The molecule has 6 atom stereocenters. The van der Waals surface area contributed by atoms with Crippen LogP contribution in [0.5, 0.6) is 0 Å². The van der Waals surface area contributed by atoms with Gasteiger partial charge in [0, 0.05) is 41.0 Å². The third-order valence-electron chi connectivity index (χ3n) is 10.5. The molecule has 4 fully saturated rings. The summed E-state index contributed by atoms with van der Waals surface area (Å²) in [6.07, 6.45) is 2.94. The molecule has 0 aromatic heterocycles. The van der Waals surface area contributed by atoms with E-state index in [-0.39, 0.29) is 56.4 Å². The summed E-state index contributed by atoms with van der Waals surface area (Å²) in [7, 11) is -0.538. The molecule has 3 aromatic carbocycles. The van der Waals surface area contributed by atoms with Crippen molar-refractivity contribution < 1.29 is 75.6 Å². The van der Waals surface area contributed by atoms with Gasteiger partial charge >= 0.3 is 28.7 Å². The van der Waals surface area contributed by atoms with Gasteiger partial charge < -0.3 is 58.4 Å². The molecule has 3 aromatic rings. The second-order valence-corrected chi connectivity index (χ2v) is 16.1. The number of epoxide rings is 1. The molecule has 65 heavy (non-hydrogen) atoms. The Balaban J connectivity index is 0.000000241. The molecular weight excluding hydrogens is 871 g/mol. The number of rotatable bonds is 8. The first-order valence-electron chi connectivity index (χ1n) is 21.3. The lowest BCUT2D eigenvalue weighted by molar-refractivity contribution is -0.0210. The van der Waals surface area contributed by atoms with E-state index in [1.165, 1.54) is 0 Å². The van der Waals surface area contributed by atoms with Crippen molar-refractivity contribution in [3.8, 4) is 0 Å². The molecule has 4 aliphatic heterocycles. The number of benzene rings is 3. The number of β-amino-alcohol motifs (C(OH)–C–C–N with tert-alkyl or cyclic N) is 1. The summed E-state index contributed by atoms with van der Waals surface area (Å²) in [5, 5.41) is 26.8. The van der Waals surface area contributed by atoms with Gasteiger partial charge in [-0.3, -0.25) is 9.11 Å². The molecule has 4 saturated heterocycles. The molecule has 5 N–H and O–H groups in total. The molecule has 3 amide bonds. The van der Waals surface area contributed by atoms with Crippen LogP contribution >= 0.6 is 0 Å². The maximum absolute atomic E-state index is 12.1. The van der Waals surface area contributed by atoms with Gasteiger partial charge in [0.15, 0.2) is 0 Å². The van der Waals surface area contributed by atoms with Gasteiger partial charge in [-0.05, 0) is 55.2 Å². The summed E-state index contributed by atoms with van der Waals surface area (Å²) >= 11 is 0. The number of hydrogen-bond donors (Lipinski definition) is 5. The maximum Gasteiger partial charge on any atom is 0.410 e. The number of likely N-dealkylation sites (tertiary alicyclic amines) is 3. The number of methoxy groups -OCH3 is 2. The molecule has 362 valence electrons. The van der Waals surface area contributed by atoms with Gasteiger partial charge in [0.1, 0.15) is 32.0 Å². The Morgan fingerprint density at radius 2 is 0.923 bits per heavy atom. The molecule has 0 aliphatic carbocycles. The Kier molecular flexibility index (Phi) is 24.8. The monoisotopic (exact) mass is 935 g/mol. The Labute approximate surface area is 381 Å². The highest BCUT2D eigenvalue weighted by atomic mass is 32.3. The van der Waals surface area contributed by atoms with Crippen LogP contribution in [0.25, 0.3) is 0 Å². The third-order valence-corrected chi connectivity index (χ3v) is 10.5. The first-order chi connectivity index (χ1) is 31.2. The number of fused-ring (bicyclic) bond motifs is 1. The fraction of sp³-hybridized carbons (Fsp3) is 0.533. The second kappa shape index (κ2) is 29.6. The van der Waals surface area contributed by atoms with Crippen LogP contribution in [-0.2, 0) is 58.6 Å². The number of ether oxygens (including phenoxy) is 6.